The van der Waals surface area contributed by atoms with Gasteiger partial charge in [0.2, 0.25) is 0 Å². The van der Waals surface area contributed by atoms with Gasteiger partial charge in [0.15, 0.2) is 11.4 Å². The molecule has 0 aliphatic rings. The summed E-state index contributed by atoms with van der Waals surface area (Å²) in [6.07, 6.45) is -2.46. The van der Waals surface area contributed by atoms with Crippen LogP contribution in [0, 0.1) is 6.92 Å². The first kappa shape index (κ1) is 22.5. The van der Waals surface area contributed by atoms with Crippen LogP contribution in [0.1, 0.15) is 22.5 Å². The van der Waals surface area contributed by atoms with Crippen molar-refractivity contribution in [1.82, 2.24) is 14.3 Å². The van der Waals surface area contributed by atoms with Gasteiger partial charge in [0.25, 0.3) is 0 Å². The standard InChI is InChI=1S/C19H20F3N3O.CH3I/c1-13-16(11-24(2)3)25-9-5-8-17(18(25)23-13)26-12-14-6-4-7-15(10-14)19(20,21)22;1-2/h4-10H,11-12H2,1-3H3;1H3. The van der Waals surface area contributed by atoms with Crippen LogP contribution < -0.4 is 4.74 Å². The predicted octanol–water partition coefficient (Wildman–Crippen LogP) is 5.35. The number of pyridine rings is 1. The first-order chi connectivity index (χ1) is 13.3. The Morgan fingerprint density at radius 2 is 1.86 bits per heavy atom. The molecular formula is C20H23F3IN3O. The lowest BCUT2D eigenvalue weighted by atomic mass is 10.1. The van der Waals surface area contributed by atoms with Crippen LogP contribution in [0.3, 0.4) is 0 Å². The van der Waals surface area contributed by atoms with Crippen molar-refractivity contribution in [3.63, 3.8) is 0 Å². The van der Waals surface area contributed by atoms with Crippen molar-refractivity contribution in [2.75, 3.05) is 19.0 Å². The van der Waals surface area contributed by atoms with Crippen molar-refractivity contribution in [3.05, 3.63) is 65.1 Å². The molecule has 0 aliphatic carbocycles. The minimum absolute atomic E-state index is 0.0402. The fraction of sp³-hybridized carbons (Fsp3) is 0.350. The topological polar surface area (TPSA) is 29.8 Å². The maximum atomic E-state index is 12.8. The van der Waals surface area contributed by atoms with E-state index in [-0.39, 0.29) is 6.61 Å². The lowest BCUT2D eigenvalue weighted by Crippen LogP contribution is -2.13. The highest BCUT2D eigenvalue weighted by Crippen LogP contribution is 2.30. The molecule has 3 rings (SSSR count). The van der Waals surface area contributed by atoms with Crippen LogP contribution in [0.15, 0.2) is 42.6 Å². The molecule has 0 amide bonds. The number of halogens is 4. The molecule has 2 aromatic heterocycles. The lowest BCUT2D eigenvalue weighted by Gasteiger charge is -2.12. The first-order valence-corrected chi connectivity index (χ1v) is 10.7. The third kappa shape index (κ3) is 5.38. The van der Waals surface area contributed by atoms with Gasteiger partial charge in [-0.2, -0.15) is 13.2 Å². The van der Waals surface area contributed by atoms with Gasteiger partial charge >= 0.3 is 6.18 Å². The predicted molar refractivity (Wildman–Crippen MR) is 113 cm³/mol. The molecule has 0 aliphatic heterocycles. The molecule has 1 aromatic carbocycles. The van der Waals surface area contributed by atoms with Crippen LogP contribution >= 0.6 is 22.6 Å². The Balaban J connectivity index is 0.00000136. The zero-order valence-corrected chi connectivity index (χ0v) is 18.4. The quantitative estimate of drug-likeness (QED) is 0.346. The van der Waals surface area contributed by atoms with E-state index in [1.165, 1.54) is 6.07 Å². The highest BCUT2D eigenvalue weighted by Gasteiger charge is 2.30. The Kier molecular flexibility index (Phi) is 7.70. The SMILES string of the molecule is CI.Cc1nc2c(OCc3cccc(C(F)(F)F)c3)cccn2c1CN(C)C. The average molecular weight is 505 g/mol. The van der Waals surface area contributed by atoms with Crippen molar-refractivity contribution in [2.45, 2.75) is 26.3 Å². The number of aromatic nitrogens is 2. The van der Waals surface area contributed by atoms with Gasteiger partial charge in [0.1, 0.15) is 6.61 Å². The molecule has 0 radical (unpaired) electrons. The largest absolute Gasteiger partial charge is 0.485 e. The van der Waals surface area contributed by atoms with E-state index in [4.69, 9.17) is 4.74 Å². The zero-order valence-electron chi connectivity index (χ0n) is 16.2. The van der Waals surface area contributed by atoms with E-state index in [0.29, 0.717) is 17.0 Å². The molecule has 2 heterocycles. The maximum Gasteiger partial charge on any atom is 0.416 e. The van der Waals surface area contributed by atoms with Gasteiger partial charge in [-0.25, -0.2) is 4.98 Å². The van der Waals surface area contributed by atoms with Gasteiger partial charge in [-0.1, -0.05) is 34.7 Å². The van der Waals surface area contributed by atoms with E-state index in [2.05, 4.69) is 27.6 Å². The maximum absolute atomic E-state index is 12.8. The number of hydrogen-bond acceptors (Lipinski definition) is 3. The Labute approximate surface area is 176 Å². The van der Waals surface area contributed by atoms with Crippen molar-refractivity contribution in [3.8, 4) is 5.75 Å². The highest BCUT2D eigenvalue weighted by atomic mass is 127. The number of benzene rings is 1. The summed E-state index contributed by atoms with van der Waals surface area (Å²) in [5.41, 5.74) is 2.39. The summed E-state index contributed by atoms with van der Waals surface area (Å²) < 4.78 is 46.2. The molecule has 3 aromatic rings. The number of alkyl halides is 4. The van der Waals surface area contributed by atoms with Crippen LogP contribution in [0.2, 0.25) is 0 Å². The summed E-state index contributed by atoms with van der Waals surface area (Å²) in [5, 5.41) is 0. The molecule has 0 saturated carbocycles. The van der Waals surface area contributed by atoms with E-state index in [9.17, 15) is 13.2 Å². The monoisotopic (exact) mass is 505 g/mol. The Bertz CT molecular complexity index is 923. The summed E-state index contributed by atoms with van der Waals surface area (Å²) >= 11 is 2.15. The van der Waals surface area contributed by atoms with Crippen molar-refractivity contribution in [2.24, 2.45) is 0 Å². The number of fused-ring (bicyclic) bond motifs is 1. The van der Waals surface area contributed by atoms with Crippen LogP contribution in [-0.2, 0) is 19.3 Å². The lowest BCUT2D eigenvalue weighted by molar-refractivity contribution is -0.137. The van der Waals surface area contributed by atoms with Gasteiger partial charge < -0.3 is 9.64 Å². The molecule has 8 heteroatoms. The van der Waals surface area contributed by atoms with Crippen LogP contribution in [0.5, 0.6) is 5.75 Å². The first-order valence-electron chi connectivity index (χ1n) is 8.53. The number of ether oxygens (including phenoxy) is 1. The minimum Gasteiger partial charge on any atom is -0.485 e. The smallest absolute Gasteiger partial charge is 0.416 e. The molecule has 4 nitrogen and oxygen atoms in total. The number of nitrogens with zero attached hydrogens (tertiary/aromatic N) is 3. The summed E-state index contributed by atoms with van der Waals surface area (Å²) in [4.78, 5) is 8.58. The number of imidazole rings is 1. The molecule has 0 bridgehead atoms. The van der Waals surface area contributed by atoms with E-state index in [0.717, 1.165) is 30.1 Å². The molecule has 0 spiro atoms. The molecule has 0 N–H and O–H groups in total. The van der Waals surface area contributed by atoms with Gasteiger partial charge in [-0.3, -0.25) is 4.40 Å². The fourth-order valence-electron chi connectivity index (χ4n) is 2.81. The van der Waals surface area contributed by atoms with Crippen molar-refractivity contribution < 1.29 is 17.9 Å². The Morgan fingerprint density at radius 1 is 1.14 bits per heavy atom. The summed E-state index contributed by atoms with van der Waals surface area (Å²) in [5.74, 6) is 0.540. The number of rotatable bonds is 5. The van der Waals surface area contributed by atoms with Crippen LogP contribution in [-0.4, -0.2) is 33.3 Å². The second-order valence-corrected chi connectivity index (χ2v) is 6.43. The third-order valence-corrected chi connectivity index (χ3v) is 4.03. The molecule has 0 fully saturated rings. The zero-order chi connectivity index (χ0) is 20.9. The van der Waals surface area contributed by atoms with E-state index >= 15 is 0 Å². The summed E-state index contributed by atoms with van der Waals surface area (Å²) in [6.45, 7) is 2.70. The van der Waals surface area contributed by atoms with Crippen LogP contribution in [0.25, 0.3) is 5.65 Å². The molecule has 0 atom stereocenters. The minimum atomic E-state index is -4.36. The van der Waals surface area contributed by atoms with Gasteiger partial charge in [0, 0.05) is 12.7 Å². The summed E-state index contributed by atoms with van der Waals surface area (Å²) in [7, 11) is 3.96. The van der Waals surface area contributed by atoms with Gasteiger partial charge in [-0.05, 0) is 55.8 Å². The van der Waals surface area contributed by atoms with Crippen molar-refractivity contribution in [1.29, 1.82) is 0 Å². The average Bonchev–Trinajstić information content (AvgIpc) is 2.97. The van der Waals surface area contributed by atoms with E-state index in [1.54, 1.807) is 12.1 Å². The third-order valence-electron chi connectivity index (χ3n) is 4.03. The van der Waals surface area contributed by atoms with Gasteiger partial charge in [-0.15, -0.1) is 0 Å². The second-order valence-electron chi connectivity index (χ2n) is 6.43. The Hall–Kier alpha value is -1.81. The highest BCUT2D eigenvalue weighted by molar-refractivity contribution is 14.1. The second kappa shape index (κ2) is 9.60. The number of aryl methyl sites for hydroxylation is 1. The molecule has 152 valence electrons. The molecule has 0 saturated heterocycles. The van der Waals surface area contributed by atoms with Crippen LogP contribution in [0.4, 0.5) is 13.2 Å². The molecule has 0 unspecified atom stereocenters. The van der Waals surface area contributed by atoms with E-state index < -0.39 is 11.7 Å². The summed E-state index contributed by atoms with van der Waals surface area (Å²) in [6, 6.07) is 8.77. The normalized spacial score (nSPS) is 11.5. The number of hydrogen-bond donors (Lipinski definition) is 0. The molecular weight excluding hydrogens is 482 g/mol. The fourth-order valence-corrected chi connectivity index (χ4v) is 2.81. The van der Waals surface area contributed by atoms with E-state index in [1.807, 2.05) is 47.5 Å². The Morgan fingerprint density at radius 3 is 2.50 bits per heavy atom. The van der Waals surface area contributed by atoms with Crippen molar-refractivity contribution >= 4 is 28.2 Å². The molecule has 28 heavy (non-hydrogen) atoms. The van der Waals surface area contributed by atoms with Gasteiger partial charge in [0.05, 0.1) is 17.0 Å².